The number of halogens is 1. The second kappa shape index (κ2) is 7.56. The van der Waals surface area contributed by atoms with Crippen LogP contribution in [0.15, 0.2) is 41.3 Å². The van der Waals surface area contributed by atoms with Crippen LogP contribution in [0.25, 0.3) is 0 Å². The summed E-state index contributed by atoms with van der Waals surface area (Å²) in [6, 6.07) is 8.52. The number of benzene rings is 2. The Bertz CT molecular complexity index is 1060. The van der Waals surface area contributed by atoms with Crippen LogP contribution < -0.4 is 20.5 Å². The molecule has 28 heavy (non-hydrogen) atoms. The number of anilines is 2. The highest BCUT2D eigenvalue weighted by atomic mass is 35.5. The van der Waals surface area contributed by atoms with Gasteiger partial charge in [0.1, 0.15) is 10.6 Å². The van der Waals surface area contributed by atoms with E-state index in [1.807, 2.05) is 0 Å². The molecular formula is C17H17ClN4O5S. The normalized spacial score (nSPS) is 13.5. The van der Waals surface area contributed by atoms with Gasteiger partial charge in [-0.2, -0.15) is 0 Å². The van der Waals surface area contributed by atoms with E-state index in [4.69, 9.17) is 22.1 Å². The number of sulfonamides is 1. The van der Waals surface area contributed by atoms with Gasteiger partial charge in [0, 0.05) is 30.0 Å². The van der Waals surface area contributed by atoms with Crippen LogP contribution in [0.2, 0.25) is 5.02 Å². The molecule has 4 N–H and O–H groups in total. The second-order valence-electron chi connectivity index (χ2n) is 6.11. The zero-order valence-corrected chi connectivity index (χ0v) is 16.3. The van der Waals surface area contributed by atoms with E-state index in [2.05, 4.69) is 10.0 Å². The molecule has 3 amide bonds. The molecule has 1 heterocycles. The fourth-order valence-corrected chi connectivity index (χ4v) is 4.08. The minimum absolute atomic E-state index is 0.0549. The van der Waals surface area contributed by atoms with Gasteiger partial charge in [0.15, 0.2) is 6.61 Å². The number of hydrogen-bond donors (Lipinski definition) is 3. The van der Waals surface area contributed by atoms with Crippen LogP contribution in [0, 0.1) is 0 Å². The minimum Gasteiger partial charge on any atom is -0.482 e. The third-order valence-electron chi connectivity index (χ3n) is 3.92. The Morgan fingerprint density at radius 2 is 2.07 bits per heavy atom. The van der Waals surface area contributed by atoms with Gasteiger partial charge >= 0.3 is 6.03 Å². The Morgan fingerprint density at radius 1 is 1.32 bits per heavy atom. The minimum atomic E-state index is -4.08. The molecule has 0 atom stereocenters. The number of nitrogens with two attached hydrogens (primary N) is 1. The summed E-state index contributed by atoms with van der Waals surface area (Å²) in [5.74, 6) is -0.798. The number of nitrogens with one attached hydrogen (secondary N) is 2. The van der Waals surface area contributed by atoms with Crippen molar-refractivity contribution >= 4 is 44.9 Å². The highest BCUT2D eigenvalue weighted by Crippen LogP contribution is 2.31. The topological polar surface area (TPSA) is 131 Å². The van der Waals surface area contributed by atoms with Crippen LogP contribution in [-0.2, 0) is 21.4 Å². The average molecular weight is 425 g/mol. The first kappa shape index (κ1) is 19.8. The van der Waals surface area contributed by atoms with Gasteiger partial charge in [-0.05, 0) is 42.0 Å². The lowest BCUT2D eigenvalue weighted by Crippen LogP contribution is -2.35. The molecule has 0 saturated carbocycles. The zero-order valence-electron chi connectivity index (χ0n) is 14.7. The molecule has 2 aromatic carbocycles. The summed E-state index contributed by atoms with van der Waals surface area (Å²) in [6.45, 7) is -0.143. The van der Waals surface area contributed by atoms with Crippen molar-refractivity contribution in [2.45, 2.75) is 11.4 Å². The summed E-state index contributed by atoms with van der Waals surface area (Å²) in [7, 11) is -2.45. The Hall–Kier alpha value is -2.98. The Kier molecular flexibility index (Phi) is 5.34. The van der Waals surface area contributed by atoms with Crippen LogP contribution in [0.1, 0.15) is 5.56 Å². The lowest BCUT2D eigenvalue weighted by molar-refractivity contribution is -0.120. The summed E-state index contributed by atoms with van der Waals surface area (Å²) in [5, 5.41) is 2.89. The van der Waals surface area contributed by atoms with Crippen LogP contribution in [-0.4, -0.2) is 38.9 Å². The smallest absolute Gasteiger partial charge is 0.321 e. The highest BCUT2D eigenvalue weighted by Gasteiger charge is 2.23. The van der Waals surface area contributed by atoms with E-state index in [1.165, 1.54) is 29.2 Å². The maximum absolute atomic E-state index is 12.9. The first-order valence-corrected chi connectivity index (χ1v) is 9.90. The third-order valence-corrected chi connectivity index (χ3v) is 5.56. The molecule has 9 nitrogen and oxygen atoms in total. The highest BCUT2D eigenvalue weighted by molar-refractivity contribution is 7.92. The quantitative estimate of drug-likeness (QED) is 0.652. The summed E-state index contributed by atoms with van der Waals surface area (Å²) in [4.78, 5) is 23.9. The van der Waals surface area contributed by atoms with E-state index in [1.54, 1.807) is 19.2 Å². The van der Waals surface area contributed by atoms with Crippen molar-refractivity contribution in [3.05, 3.63) is 47.0 Å². The van der Waals surface area contributed by atoms with Gasteiger partial charge in [-0.3, -0.25) is 9.52 Å². The van der Waals surface area contributed by atoms with Gasteiger partial charge in [-0.1, -0.05) is 11.6 Å². The maximum atomic E-state index is 12.9. The number of primary amides is 1. The van der Waals surface area contributed by atoms with Gasteiger partial charge in [-0.15, -0.1) is 0 Å². The van der Waals surface area contributed by atoms with E-state index in [-0.39, 0.29) is 21.7 Å². The molecule has 0 spiro atoms. The molecule has 11 heteroatoms. The predicted octanol–water partition coefficient (Wildman–Crippen LogP) is 1.98. The summed E-state index contributed by atoms with van der Waals surface area (Å²) < 4.78 is 33.4. The molecule has 0 aromatic heterocycles. The molecule has 0 unspecified atom stereocenters. The van der Waals surface area contributed by atoms with Gasteiger partial charge in [-0.25, -0.2) is 13.2 Å². The van der Waals surface area contributed by atoms with E-state index in [0.29, 0.717) is 17.9 Å². The SMILES string of the molecule is CN1Cc2cc(NS(=O)(=O)c3cc(Cl)ccc3OCC(N)=O)ccc2NC1=O. The van der Waals surface area contributed by atoms with Crippen LogP contribution in [0.5, 0.6) is 5.75 Å². The zero-order chi connectivity index (χ0) is 20.5. The Balaban J connectivity index is 1.90. The fourth-order valence-electron chi connectivity index (χ4n) is 2.62. The first-order chi connectivity index (χ1) is 13.2. The van der Waals surface area contributed by atoms with Crippen molar-refractivity contribution in [1.29, 1.82) is 0 Å². The number of carbonyl (C=O) groups is 2. The van der Waals surface area contributed by atoms with Crippen LogP contribution in [0.3, 0.4) is 0 Å². The summed E-state index contributed by atoms with van der Waals surface area (Å²) in [6.07, 6.45) is 0. The number of nitrogens with zero attached hydrogens (tertiary/aromatic N) is 1. The number of rotatable bonds is 6. The lowest BCUT2D eigenvalue weighted by atomic mass is 10.1. The van der Waals surface area contributed by atoms with Gasteiger partial charge in [0.2, 0.25) is 0 Å². The fraction of sp³-hybridized carbons (Fsp3) is 0.176. The van der Waals surface area contributed by atoms with Crippen LogP contribution >= 0.6 is 11.6 Å². The summed E-state index contributed by atoms with van der Waals surface area (Å²) in [5.41, 5.74) is 6.70. The van der Waals surface area contributed by atoms with Crippen molar-refractivity contribution in [2.24, 2.45) is 5.73 Å². The van der Waals surface area contributed by atoms with Gasteiger partial charge in [0.05, 0.1) is 0 Å². The van der Waals surface area contributed by atoms with Crippen molar-refractivity contribution in [3.8, 4) is 5.75 Å². The van der Waals surface area contributed by atoms with E-state index in [9.17, 15) is 18.0 Å². The molecule has 1 aliphatic rings. The molecule has 2 aromatic rings. The molecule has 0 bridgehead atoms. The molecule has 0 fully saturated rings. The molecule has 148 valence electrons. The summed E-state index contributed by atoms with van der Waals surface area (Å²) >= 11 is 5.93. The van der Waals surface area contributed by atoms with E-state index in [0.717, 1.165) is 5.56 Å². The average Bonchev–Trinajstić information content (AvgIpc) is 2.61. The molecule has 0 saturated heterocycles. The number of hydrogen-bond acceptors (Lipinski definition) is 5. The first-order valence-electron chi connectivity index (χ1n) is 8.04. The second-order valence-corrected chi connectivity index (χ2v) is 8.20. The van der Waals surface area contributed by atoms with Crippen molar-refractivity contribution in [3.63, 3.8) is 0 Å². The molecular weight excluding hydrogens is 408 g/mol. The van der Waals surface area contributed by atoms with Gasteiger partial charge in [0.25, 0.3) is 15.9 Å². The Labute approximate surface area is 166 Å². The lowest BCUT2D eigenvalue weighted by Gasteiger charge is -2.26. The number of fused-ring (bicyclic) bond motifs is 1. The molecule has 1 aliphatic heterocycles. The Morgan fingerprint density at radius 3 is 2.79 bits per heavy atom. The largest absolute Gasteiger partial charge is 0.482 e. The van der Waals surface area contributed by atoms with Crippen LogP contribution in [0.4, 0.5) is 16.2 Å². The maximum Gasteiger partial charge on any atom is 0.321 e. The number of amides is 3. The monoisotopic (exact) mass is 424 g/mol. The van der Waals surface area contributed by atoms with Gasteiger partial charge < -0.3 is 20.7 Å². The molecule has 3 rings (SSSR count). The molecule has 0 aliphatic carbocycles. The van der Waals surface area contributed by atoms with Crippen molar-refractivity contribution in [2.75, 3.05) is 23.7 Å². The standard InChI is InChI=1S/C17H17ClN4O5S/c1-22-8-10-6-12(3-4-13(10)20-17(22)24)21-28(25,26)15-7-11(18)2-5-14(15)27-9-16(19)23/h2-7,21H,8-9H2,1H3,(H2,19,23)(H,20,24). The van der Waals surface area contributed by atoms with Crippen molar-refractivity contribution < 1.29 is 22.7 Å². The number of carbonyl (C=O) groups excluding carboxylic acids is 2. The van der Waals surface area contributed by atoms with Crippen molar-refractivity contribution in [1.82, 2.24) is 4.90 Å². The predicted molar refractivity (Wildman–Crippen MR) is 104 cm³/mol. The van der Waals surface area contributed by atoms with E-state index < -0.39 is 22.5 Å². The van der Waals surface area contributed by atoms with E-state index >= 15 is 0 Å². The molecule has 0 radical (unpaired) electrons. The third kappa shape index (κ3) is 4.29. The number of ether oxygens (including phenoxy) is 1. The number of urea groups is 1.